The number of amides is 1. The molecule has 0 radical (unpaired) electrons. The van der Waals surface area contributed by atoms with E-state index in [9.17, 15) is 13.2 Å². The second kappa shape index (κ2) is 7.78. The summed E-state index contributed by atoms with van der Waals surface area (Å²) in [7, 11) is -3.86. The van der Waals surface area contributed by atoms with Crippen molar-refractivity contribution in [1.82, 2.24) is 9.97 Å². The Morgan fingerprint density at radius 3 is 2.38 bits per heavy atom. The highest BCUT2D eigenvalue weighted by Crippen LogP contribution is 2.28. The predicted octanol–water partition coefficient (Wildman–Crippen LogP) is 4.43. The molecule has 1 amide bonds. The smallest absolute Gasteiger partial charge is 0.291 e. The van der Waals surface area contributed by atoms with Gasteiger partial charge in [0.25, 0.3) is 15.9 Å². The van der Waals surface area contributed by atoms with Gasteiger partial charge in [-0.05, 0) is 53.2 Å². The fourth-order valence-electron chi connectivity index (χ4n) is 3.35. The van der Waals surface area contributed by atoms with Gasteiger partial charge >= 0.3 is 0 Å². The van der Waals surface area contributed by atoms with Crippen molar-refractivity contribution in [2.75, 3.05) is 10.0 Å². The van der Waals surface area contributed by atoms with Crippen LogP contribution in [0.5, 0.6) is 0 Å². The predicted molar refractivity (Wildman–Crippen MR) is 121 cm³/mol. The van der Waals surface area contributed by atoms with Gasteiger partial charge in [0.1, 0.15) is 5.58 Å². The third kappa shape index (κ3) is 3.77. The van der Waals surface area contributed by atoms with Crippen molar-refractivity contribution >= 4 is 49.3 Å². The summed E-state index contributed by atoms with van der Waals surface area (Å²) < 4.78 is 33.0. The fourth-order valence-corrected chi connectivity index (χ4v) is 4.30. The molecule has 0 atom stereocenters. The zero-order chi connectivity index (χ0) is 22.1. The Hall–Kier alpha value is -4.24. The van der Waals surface area contributed by atoms with E-state index >= 15 is 0 Å². The van der Waals surface area contributed by atoms with E-state index in [0.29, 0.717) is 11.3 Å². The van der Waals surface area contributed by atoms with Crippen LogP contribution in [-0.2, 0) is 10.0 Å². The molecule has 0 unspecified atom stereocenters. The molecule has 0 aliphatic heterocycles. The van der Waals surface area contributed by atoms with Crippen LogP contribution < -0.4 is 10.0 Å². The SMILES string of the molecule is O=C(Nc1ccc(S(=O)(=O)Nc2ncccn2)cc1)c1cc2c(ccc3ccccc32)o1. The first-order valence-corrected chi connectivity index (χ1v) is 11.1. The fraction of sp³-hybridized carbons (Fsp3) is 0. The molecule has 0 aliphatic carbocycles. The lowest BCUT2D eigenvalue weighted by atomic mass is 10.1. The van der Waals surface area contributed by atoms with Crippen molar-refractivity contribution in [3.05, 3.63) is 91.0 Å². The van der Waals surface area contributed by atoms with Gasteiger partial charge in [0.05, 0.1) is 4.90 Å². The molecule has 3 aromatic carbocycles. The van der Waals surface area contributed by atoms with Crippen LogP contribution in [0.2, 0.25) is 0 Å². The number of hydrogen-bond donors (Lipinski definition) is 2. The van der Waals surface area contributed by atoms with E-state index in [2.05, 4.69) is 20.0 Å². The van der Waals surface area contributed by atoms with Crippen molar-refractivity contribution in [1.29, 1.82) is 0 Å². The molecule has 9 heteroatoms. The number of carbonyl (C=O) groups excluding carboxylic acids is 1. The van der Waals surface area contributed by atoms with Crippen molar-refractivity contribution in [2.45, 2.75) is 4.90 Å². The van der Waals surface area contributed by atoms with Crippen LogP contribution in [0.25, 0.3) is 21.7 Å². The maximum atomic E-state index is 12.7. The number of benzene rings is 3. The lowest BCUT2D eigenvalue weighted by molar-refractivity contribution is 0.0998. The van der Waals surface area contributed by atoms with E-state index in [4.69, 9.17) is 4.42 Å². The summed E-state index contributed by atoms with van der Waals surface area (Å²) in [6, 6.07) is 20.7. The summed E-state index contributed by atoms with van der Waals surface area (Å²) in [6.45, 7) is 0. The molecule has 0 fully saturated rings. The van der Waals surface area contributed by atoms with Crippen molar-refractivity contribution < 1.29 is 17.6 Å². The highest BCUT2D eigenvalue weighted by atomic mass is 32.2. The highest BCUT2D eigenvalue weighted by molar-refractivity contribution is 7.92. The quantitative estimate of drug-likeness (QED) is 0.415. The lowest BCUT2D eigenvalue weighted by Gasteiger charge is -2.07. The summed E-state index contributed by atoms with van der Waals surface area (Å²) in [4.78, 5) is 20.4. The van der Waals surface area contributed by atoms with E-state index in [1.54, 1.807) is 12.1 Å². The number of nitrogens with zero attached hydrogens (tertiary/aromatic N) is 2. The third-order valence-corrected chi connectivity index (χ3v) is 6.21. The van der Waals surface area contributed by atoms with Gasteiger partial charge in [-0.1, -0.05) is 30.3 Å². The van der Waals surface area contributed by atoms with E-state index in [1.165, 1.54) is 36.7 Å². The number of carbonyl (C=O) groups is 1. The average Bonchev–Trinajstić information content (AvgIpc) is 3.25. The zero-order valence-electron chi connectivity index (χ0n) is 16.5. The standard InChI is InChI=1S/C23H16N4O4S/c28-22(21-14-19-18-5-2-1-4-15(18)6-11-20(19)31-21)26-16-7-9-17(10-8-16)32(29,30)27-23-24-12-3-13-25-23/h1-14H,(H,26,28)(H,24,25,27). The summed E-state index contributed by atoms with van der Waals surface area (Å²) in [5.41, 5.74) is 1.04. The van der Waals surface area contributed by atoms with E-state index < -0.39 is 15.9 Å². The number of aromatic nitrogens is 2. The third-order valence-electron chi connectivity index (χ3n) is 4.86. The molecule has 2 aromatic heterocycles. The summed E-state index contributed by atoms with van der Waals surface area (Å²) in [6.07, 6.45) is 2.87. The van der Waals surface area contributed by atoms with Crippen LogP contribution in [0, 0.1) is 0 Å². The summed E-state index contributed by atoms with van der Waals surface area (Å²) in [5.74, 6) is -0.296. The summed E-state index contributed by atoms with van der Waals surface area (Å²) in [5, 5.41) is 5.63. The minimum absolute atomic E-state index is 0.0122. The Morgan fingerprint density at radius 1 is 0.844 bits per heavy atom. The highest BCUT2D eigenvalue weighted by Gasteiger charge is 2.17. The van der Waals surface area contributed by atoms with Gasteiger partial charge in [-0.2, -0.15) is 0 Å². The number of furan rings is 1. The minimum atomic E-state index is -3.86. The second-order valence-electron chi connectivity index (χ2n) is 6.97. The minimum Gasteiger partial charge on any atom is -0.451 e. The van der Waals surface area contributed by atoms with E-state index in [1.807, 2.05) is 36.4 Å². The molecule has 0 saturated carbocycles. The van der Waals surface area contributed by atoms with Crippen LogP contribution in [0.4, 0.5) is 11.6 Å². The zero-order valence-corrected chi connectivity index (χ0v) is 17.3. The van der Waals surface area contributed by atoms with Gasteiger partial charge in [0.2, 0.25) is 5.95 Å². The normalized spacial score (nSPS) is 11.5. The second-order valence-corrected chi connectivity index (χ2v) is 8.65. The number of sulfonamides is 1. The van der Waals surface area contributed by atoms with Gasteiger partial charge < -0.3 is 9.73 Å². The van der Waals surface area contributed by atoms with Gasteiger partial charge in [-0.3, -0.25) is 4.79 Å². The molecule has 0 bridgehead atoms. The van der Waals surface area contributed by atoms with Gasteiger partial charge in [0, 0.05) is 23.5 Å². The van der Waals surface area contributed by atoms with Gasteiger partial charge in [-0.15, -0.1) is 0 Å². The monoisotopic (exact) mass is 444 g/mol. The topological polar surface area (TPSA) is 114 Å². The molecule has 0 aliphatic rings. The number of hydrogen-bond acceptors (Lipinski definition) is 6. The Balaban J connectivity index is 1.35. The Labute approximate surface area is 183 Å². The molecular formula is C23H16N4O4S. The number of rotatable bonds is 5. The van der Waals surface area contributed by atoms with E-state index in [-0.39, 0.29) is 16.6 Å². The molecular weight excluding hydrogens is 428 g/mol. The van der Waals surface area contributed by atoms with Crippen LogP contribution in [0.15, 0.2) is 94.5 Å². The van der Waals surface area contributed by atoms with Crippen LogP contribution in [0.1, 0.15) is 10.6 Å². The lowest BCUT2D eigenvalue weighted by Crippen LogP contribution is -2.15. The van der Waals surface area contributed by atoms with Crippen molar-refractivity contribution in [2.24, 2.45) is 0 Å². The maximum Gasteiger partial charge on any atom is 0.291 e. The molecule has 158 valence electrons. The Kier molecular flexibility index (Phi) is 4.79. The first-order chi connectivity index (χ1) is 15.5. The molecule has 2 heterocycles. The van der Waals surface area contributed by atoms with Gasteiger partial charge in [-0.25, -0.2) is 23.1 Å². The van der Waals surface area contributed by atoms with Crippen molar-refractivity contribution in [3.63, 3.8) is 0 Å². The van der Waals surface area contributed by atoms with E-state index in [0.717, 1.165) is 16.2 Å². The van der Waals surface area contributed by atoms with Crippen LogP contribution in [-0.4, -0.2) is 24.3 Å². The molecule has 8 nitrogen and oxygen atoms in total. The molecule has 2 N–H and O–H groups in total. The average molecular weight is 444 g/mol. The summed E-state index contributed by atoms with van der Waals surface area (Å²) >= 11 is 0. The first kappa shape index (κ1) is 19.7. The van der Waals surface area contributed by atoms with Gasteiger partial charge in [0.15, 0.2) is 5.76 Å². The molecule has 32 heavy (non-hydrogen) atoms. The Morgan fingerprint density at radius 2 is 1.59 bits per heavy atom. The maximum absolute atomic E-state index is 12.7. The van der Waals surface area contributed by atoms with Crippen LogP contribution >= 0.6 is 0 Å². The largest absolute Gasteiger partial charge is 0.451 e. The Bertz CT molecular complexity index is 1550. The molecule has 0 saturated heterocycles. The molecule has 5 aromatic rings. The van der Waals surface area contributed by atoms with Crippen molar-refractivity contribution in [3.8, 4) is 0 Å². The number of nitrogens with one attached hydrogen (secondary N) is 2. The molecule has 5 rings (SSSR count). The first-order valence-electron chi connectivity index (χ1n) is 9.62. The number of anilines is 2. The van der Waals surface area contributed by atoms with Crippen LogP contribution in [0.3, 0.4) is 0 Å². The number of fused-ring (bicyclic) bond motifs is 3. The molecule has 0 spiro atoms.